The Labute approximate surface area is 180 Å². The number of ether oxygens (including phenoxy) is 2. The van der Waals surface area contributed by atoms with Crippen molar-refractivity contribution in [2.45, 2.75) is 27.3 Å². The highest BCUT2D eigenvalue weighted by molar-refractivity contribution is 6.10. The molecule has 0 aliphatic rings. The monoisotopic (exact) mass is 419 g/mol. The number of Topliss-reactive ketones (excluding diaryl/α,β-unsaturated/α-hetero) is 1. The summed E-state index contributed by atoms with van der Waals surface area (Å²) in [7, 11) is 1.64. The third-order valence-corrected chi connectivity index (χ3v) is 5.28. The lowest BCUT2D eigenvalue weighted by molar-refractivity contribution is -0.137. The zero-order valence-electron chi connectivity index (χ0n) is 18.1. The highest BCUT2D eigenvalue weighted by Gasteiger charge is 2.19. The first kappa shape index (κ1) is 22.1. The Kier molecular flexibility index (Phi) is 6.73. The third-order valence-electron chi connectivity index (χ3n) is 5.28. The summed E-state index contributed by atoms with van der Waals surface area (Å²) in [5.74, 6) is -1.15. The van der Waals surface area contributed by atoms with E-state index in [-0.39, 0.29) is 11.4 Å². The molecule has 3 aromatic rings. The van der Waals surface area contributed by atoms with Gasteiger partial charge >= 0.3 is 5.97 Å². The van der Waals surface area contributed by atoms with Crippen LogP contribution < -0.4 is 0 Å². The molecule has 0 saturated carbocycles. The number of methoxy groups -OCH3 is 1. The molecular weight excluding hydrogens is 394 g/mol. The minimum atomic E-state index is -0.824. The zero-order chi connectivity index (χ0) is 22.5. The van der Waals surface area contributed by atoms with Crippen molar-refractivity contribution in [1.29, 1.82) is 5.26 Å². The number of nitrogens with zero attached hydrogens (tertiary/aromatic N) is 2. The Bertz CT molecular complexity index is 1210. The number of aryl methyl sites for hydroxylation is 2. The second-order valence-electron chi connectivity index (χ2n) is 7.31. The van der Waals surface area contributed by atoms with Crippen molar-refractivity contribution in [3.05, 3.63) is 64.1 Å². The summed E-state index contributed by atoms with van der Waals surface area (Å²) in [6.45, 7) is 6.46. The number of carbonyl (C=O) groups is 2. The van der Waals surface area contributed by atoms with Gasteiger partial charge in [-0.15, -0.1) is 0 Å². The molecule has 160 valence electrons. The number of aromatic amines is 1. The molecule has 0 spiro atoms. The van der Waals surface area contributed by atoms with Crippen molar-refractivity contribution in [2.24, 2.45) is 0 Å². The molecule has 0 radical (unpaired) electrons. The van der Waals surface area contributed by atoms with Gasteiger partial charge in [0.15, 0.2) is 6.61 Å². The average molecular weight is 419 g/mol. The highest BCUT2D eigenvalue weighted by atomic mass is 16.5. The number of benzene rings is 1. The van der Waals surface area contributed by atoms with Crippen molar-refractivity contribution in [2.75, 3.05) is 20.3 Å². The minimum Gasteiger partial charge on any atom is -0.453 e. The van der Waals surface area contributed by atoms with E-state index < -0.39 is 12.6 Å². The molecular formula is C24H25N3O4. The van der Waals surface area contributed by atoms with Gasteiger partial charge in [0.1, 0.15) is 11.6 Å². The van der Waals surface area contributed by atoms with E-state index in [1.54, 1.807) is 14.0 Å². The van der Waals surface area contributed by atoms with E-state index in [0.29, 0.717) is 24.4 Å². The maximum atomic E-state index is 12.7. The van der Waals surface area contributed by atoms with Gasteiger partial charge in [-0.3, -0.25) is 4.79 Å². The third kappa shape index (κ3) is 4.60. The predicted molar refractivity (Wildman–Crippen MR) is 118 cm³/mol. The maximum Gasteiger partial charge on any atom is 0.349 e. The maximum absolute atomic E-state index is 12.7. The minimum absolute atomic E-state index is 0.157. The number of hydrogen-bond acceptors (Lipinski definition) is 5. The molecule has 0 atom stereocenters. The summed E-state index contributed by atoms with van der Waals surface area (Å²) in [5, 5.41) is 10.2. The number of nitriles is 1. The summed E-state index contributed by atoms with van der Waals surface area (Å²) in [6.07, 6.45) is 1.50. The van der Waals surface area contributed by atoms with Crippen molar-refractivity contribution < 1.29 is 19.1 Å². The van der Waals surface area contributed by atoms with E-state index in [1.807, 2.05) is 50.2 Å². The SMILES string of the molecule is COCCn1c(C)cc(/C=C(\C#N)C(=O)OCC(=O)c2c(C)[nH]c3ccccc23)c1C. The van der Waals surface area contributed by atoms with E-state index in [1.165, 1.54) is 6.08 Å². The highest BCUT2D eigenvalue weighted by Crippen LogP contribution is 2.23. The molecule has 7 heteroatoms. The molecule has 0 fully saturated rings. The largest absolute Gasteiger partial charge is 0.453 e. The summed E-state index contributed by atoms with van der Waals surface area (Å²) in [5.41, 5.74) is 4.55. The number of rotatable bonds is 8. The smallest absolute Gasteiger partial charge is 0.349 e. The van der Waals surface area contributed by atoms with Gasteiger partial charge in [-0.25, -0.2) is 4.79 Å². The number of carbonyl (C=O) groups excluding carboxylic acids is 2. The van der Waals surface area contributed by atoms with Gasteiger partial charge < -0.3 is 19.0 Å². The molecule has 3 rings (SSSR count). The van der Waals surface area contributed by atoms with E-state index in [0.717, 1.165) is 27.9 Å². The lowest BCUT2D eigenvalue weighted by Crippen LogP contribution is -2.15. The Balaban J connectivity index is 1.75. The number of fused-ring (bicyclic) bond motifs is 1. The van der Waals surface area contributed by atoms with Crippen LogP contribution >= 0.6 is 0 Å². The average Bonchev–Trinajstić information content (AvgIpc) is 3.23. The van der Waals surface area contributed by atoms with E-state index >= 15 is 0 Å². The number of hydrogen-bond donors (Lipinski definition) is 1. The number of H-pyrrole nitrogens is 1. The molecule has 7 nitrogen and oxygen atoms in total. The van der Waals surface area contributed by atoms with Crippen molar-refractivity contribution in [3.8, 4) is 6.07 Å². The Morgan fingerprint density at radius 1 is 1.23 bits per heavy atom. The van der Waals surface area contributed by atoms with Gasteiger partial charge in [0, 0.05) is 47.2 Å². The molecule has 1 aromatic carbocycles. The van der Waals surface area contributed by atoms with Gasteiger partial charge in [0.2, 0.25) is 5.78 Å². The molecule has 2 aromatic heterocycles. The first-order valence-electron chi connectivity index (χ1n) is 9.92. The number of esters is 1. The molecule has 0 aliphatic heterocycles. The molecule has 31 heavy (non-hydrogen) atoms. The molecule has 2 heterocycles. The van der Waals surface area contributed by atoms with Crippen LogP contribution in [0.3, 0.4) is 0 Å². The normalized spacial score (nSPS) is 11.5. The fourth-order valence-electron chi connectivity index (χ4n) is 3.71. The Morgan fingerprint density at radius 3 is 2.68 bits per heavy atom. The standard InChI is InChI=1S/C24H25N3O4/c1-15-11-18(17(3)27(15)9-10-30-4)12-19(13-25)24(29)31-14-22(28)23-16(2)26-21-8-6-5-7-20(21)23/h5-8,11-12,26H,9-10,14H2,1-4H3/b19-12+. The van der Waals surface area contributed by atoms with E-state index in [2.05, 4.69) is 9.55 Å². The second kappa shape index (κ2) is 9.45. The van der Waals surface area contributed by atoms with Gasteiger partial charge in [-0.2, -0.15) is 5.26 Å². The summed E-state index contributed by atoms with van der Waals surface area (Å²) >= 11 is 0. The Hall–Kier alpha value is -3.63. The van der Waals surface area contributed by atoms with Crippen LogP contribution in [0.4, 0.5) is 0 Å². The van der Waals surface area contributed by atoms with Gasteiger partial charge in [-0.05, 0) is 44.5 Å². The molecule has 0 bridgehead atoms. The first-order chi connectivity index (χ1) is 14.9. The molecule has 1 N–H and O–H groups in total. The van der Waals surface area contributed by atoms with Crippen LogP contribution in [0, 0.1) is 32.1 Å². The number of aromatic nitrogens is 2. The zero-order valence-corrected chi connectivity index (χ0v) is 18.1. The van der Waals surface area contributed by atoms with E-state index in [4.69, 9.17) is 9.47 Å². The molecule has 0 unspecified atom stereocenters. The number of ketones is 1. The molecule has 0 aliphatic carbocycles. The quantitative estimate of drug-likeness (QED) is 0.259. The van der Waals surface area contributed by atoms with Crippen LogP contribution in [-0.2, 0) is 20.8 Å². The van der Waals surface area contributed by atoms with Crippen LogP contribution in [0.15, 0.2) is 35.9 Å². The van der Waals surface area contributed by atoms with E-state index in [9.17, 15) is 14.9 Å². The van der Waals surface area contributed by atoms with Crippen LogP contribution in [0.5, 0.6) is 0 Å². The van der Waals surface area contributed by atoms with Crippen LogP contribution in [0.25, 0.3) is 17.0 Å². The lowest BCUT2D eigenvalue weighted by Gasteiger charge is -2.08. The summed E-state index contributed by atoms with van der Waals surface area (Å²) in [6, 6.07) is 11.2. The predicted octanol–water partition coefficient (Wildman–Crippen LogP) is 3.87. The number of nitrogens with one attached hydrogen (secondary N) is 1. The summed E-state index contributed by atoms with van der Waals surface area (Å²) < 4.78 is 12.4. The fraction of sp³-hybridized carbons (Fsp3) is 0.292. The van der Waals surface area contributed by atoms with Gasteiger partial charge in [-0.1, -0.05) is 18.2 Å². The Morgan fingerprint density at radius 2 is 1.97 bits per heavy atom. The topological polar surface area (TPSA) is 97.1 Å². The van der Waals surface area contributed by atoms with Crippen LogP contribution in [0.2, 0.25) is 0 Å². The van der Waals surface area contributed by atoms with Gasteiger partial charge in [0.05, 0.1) is 6.61 Å². The van der Waals surface area contributed by atoms with Gasteiger partial charge in [0.25, 0.3) is 0 Å². The second-order valence-corrected chi connectivity index (χ2v) is 7.31. The fourth-order valence-corrected chi connectivity index (χ4v) is 3.71. The lowest BCUT2D eigenvalue weighted by atomic mass is 10.1. The van der Waals surface area contributed by atoms with Crippen molar-refractivity contribution >= 4 is 28.7 Å². The summed E-state index contributed by atoms with van der Waals surface area (Å²) in [4.78, 5) is 28.3. The first-order valence-corrected chi connectivity index (χ1v) is 9.92. The molecule has 0 saturated heterocycles. The van der Waals surface area contributed by atoms with Crippen LogP contribution in [0.1, 0.15) is 33.0 Å². The van der Waals surface area contributed by atoms with Crippen molar-refractivity contribution in [3.63, 3.8) is 0 Å². The number of para-hydroxylation sites is 1. The molecule has 0 amide bonds. The van der Waals surface area contributed by atoms with Crippen LogP contribution in [-0.4, -0.2) is 41.6 Å². The van der Waals surface area contributed by atoms with Crippen molar-refractivity contribution in [1.82, 2.24) is 9.55 Å².